The van der Waals surface area contributed by atoms with Gasteiger partial charge in [0.15, 0.2) is 6.61 Å². The van der Waals surface area contributed by atoms with Gasteiger partial charge >= 0.3 is 0 Å². The number of rotatable bonds is 6. The van der Waals surface area contributed by atoms with Crippen LogP contribution in [0, 0.1) is 10.1 Å². The van der Waals surface area contributed by atoms with Crippen LogP contribution in [0.25, 0.3) is 0 Å². The van der Waals surface area contributed by atoms with Crippen LogP contribution in [0.2, 0.25) is 0 Å². The van der Waals surface area contributed by atoms with E-state index in [0.29, 0.717) is 5.75 Å². The monoisotopic (exact) mass is 343 g/mol. The second kappa shape index (κ2) is 8.44. The third kappa shape index (κ3) is 5.03. The maximum Gasteiger partial charge on any atom is 0.276 e. The standard InChI is InChI=1S/C17H17N3O5/c1-2-12-6-3-4-9-15(12)25-11-16(21)18-19-17(22)13-7-5-8-14(10-13)20(23)24/h3-10H,2,11H2,1H3,(H,18,21)(H,19,22). The van der Waals surface area contributed by atoms with Crippen LogP contribution in [0.3, 0.4) is 0 Å². The van der Waals surface area contributed by atoms with Crippen LogP contribution in [0.4, 0.5) is 5.69 Å². The lowest BCUT2D eigenvalue weighted by molar-refractivity contribution is -0.384. The lowest BCUT2D eigenvalue weighted by atomic mass is 10.1. The van der Waals surface area contributed by atoms with Gasteiger partial charge in [0.1, 0.15) is 5.75 Å². The third-order valence-corrected chi connectivity index (χ3v) is 3.35. The number of hydrogen-bond acceptors (Lipinski definition) is 5. The third-order valence-electron chi connectivity index (χ3n) is 3.35. The number of para-hydroxylation sites is 1. The van der Waals surface area contributed by atoms with Gasteiger partial charge < -0.3 is 4.74 Å². The normalized spacial score (nSPS) is 9.96. The van der Waals surface area contributed by atoms with Crippen molar-refractivity contribution in [1.82, 2.24) is 10.9 Å². The molecule has 0 unspecified atom stereocenters. The van der Waals surface area contributed by atoms with E-state index in [4.69, 9.17) is 4.74 Å². The summed E-state index contributed by atoms with van der Waals surface area (Å²) in [6.07, 6.45) is 0.765. The van der Waals surface area contributed by atoms with Gasteiger partial charge in [0.2, 0.25) is 0 Å². The van der Waals surface area contributed by atoms with Crippen molar-refractivity contribution < 1.29 is 19.2 Å². The molecule has 2 N–H and O–H groups in total. The van der Waals surface area contributed by atoms with Gasteiger partial charge in [-0.1, -0.05) is 31.2 Å². The quantitative estimate of drug-likeness (QED) is 0.615. The Balaban J connectivity index is 1.86. The first-order chi connectivity index (χ1) is 12.0. The summed E-state index contributed by atoms with van der Waals surface area (Å²) in [6, 6.07) is 12.5. The van der Waals surface area contributed by atoms with Crippen molar-refractivity contribution in [3.8, 4) is 5.75 Å². The highest BCUT2D eigenvalue weighted by atomic mass is 16.6. The average molecular weight is 343 g/mol. The van der Waals surface area contributed by atoms with Gasteiger partial charge in [0.25, 0.3) is 17.5 Å². The summed E-state index contributed by atoms with van der Waals surface area (Å²) in [5, 5.41) is 10.7. The van der Waals surface area contributed by atoms with Crippen molar-refractivity contribution in [2.45, 2.75) is 13.3 Å². The molecule has 0 fully saturated rings. The number of nitrogens with zero attached hydrogens (tertiary/aromatic N) is 1. The van der Waals surface area contributed by atoms with E-state index < -0.39 is 16.7 Å². The molecule has 0 bridgehead atoms. The molecular weight excluding hydrogens is 326 g/mol. The van der Waals surface area contributed by atoms with E-state index in [2.05, 4.69) is 10.9 Å². The first-order valence-corrected chi connectivity index (χ1v) is 7.55. The van der Waals surface area contributed by atoms with Crippen LogP contribution in [-0.4, -0.2) is 23.3 Å². The second-order valence-corrected chi connectivity index (χ2v) is 5.06. The van der Waals surface area contributed by atoms with Gasteiger partial charge in [-0.2, -0.15) is 0 Å². The van der Waals surface area contributed by atoms with Crippen molar-refractivity contribution in [1.29, 1.82) is 0 Å². The number of nitro benzene ring substituents is 1. The Labute approximate surface area is 143 Å². The molecule has 0 aromatic heterocycles. The Bertz CT molecular complexity index is 791. The predicted octanol–water partition coefficient (Wildman–Crippen LogP) is 2.00. The molecule has 2 aromatic rings. The molecule has 0 aliphatic carbocycles. The molecule has 0 spiro atoms. The average Bonchev–Trinajstić information content (AvgIpc) is 2.64. The lowest BCUT2D eigenvalue weighted by Crippen LogP contribution is -2.43. The van der Waals surface area contributed by atoms with Gasteiger partial charge in [-0.25, -0.2) is 0 Å². The lowest BCUT2D eigenvalue weighted by Gasteiger charge is -2.11. The molecule has 0 saturated carbocycles. The first-order valence-electron chi connectivity index (χ1n) is 7.55. The maximum atomic E-state index is 11.9. The zero-order valence-corrected chi connectivity index (χ0v) is 13.5. The van der Waals surface area contributed by atoms with E-state index in [1.54, 1.807) is 12.1 Å². The molecule has 0 aliphatic heterocycles. The number of amides is 2. The molecule has 130 valence electrons. The maximum absolute atomic E-state index is 11.9. The van der Waals surface area contributed by atoms with Crippen LogP contribution in [0.5, 0.6) is 5.75 Å². The Morgan fingerprint density at radius 3 is 2.60 bits per heavy atom. The Hall–Kier alpha value is -3.42. The highest BCUT2D eigenvalue weighted by molar-refractivity contribution is 5.96. The van der Waals surface area contributed by atoms with Crippen LogP contribution in [-0.2, 0) is 11.2 Å². The summed E-state index contributed by atoms with van der Waals surface area (Å²) in [4.78, 5) is 33.8. The van der Waals surface area contributed by atoms with Crippen LogP contribution in [0.15, 0.2) is 48.5 Å². The van der Waals surface area contributed by atoms with Crippen molar-refractivity contribution in [3.63, 3.8) is 0 Å². The predicted molar refractivity (Wildman–Crippen MR) is 90.0 cm³/mol. The molecule has 8 heteroatoms. The number of ether oxygens (including phenoxy) is 1. The molecule has 25 heavy (non-hydrogen) atoms. The molecule has 0 radical (unpaired) electrons. The molecule has 2 amide bonds. The Kier molecular flexibility index (Phi) is 6.05. The topological polar surface area (TPSA) is 111 Å². The molecule has 2 rings (SSSR count). The number of hydrogen-bond donors (Lipinski definition) is 2. The van der Waals surface area contributed by atoms with Crippen molar-refractivity contribution in [3.05, 3.63) is 69.8 Å². The van der Waals surface area contributed by atoms with Gasteiger partial charge in [-0.3, -0.25) is 30.6 Å². The number of non-ortho nitro benzene ring substituents is 1. The van der Waals surface area contributed by atoms with Crippen LogP contribution in [0.1, 0.15) is 22.8 Å². The van der Waals surface area contributed by atoms with Crippen LogP contribution >= 0.6 is 0 Å². The molecule has 0 saturated heterocycles. The fourth-order valence-electron chi connectivity index (χ4n) is 2.08. The zero-order valence-electron chi connectivity index (χ0n) is 13.5. The van der Waals surface area contributed by atoms with Crippen molar-refractivity contribution in [2.75, 3.05) is 6.61 Å². The fraction of sp³-hybridized carbons (Fsp3) is 0.176. The van der Waals surface area contributed by atoms with E-state index in [1.807, 2.05) is 19.1 Å². The molecule has 8 nitrogen and oxygen atoms in total. The Morgan fingerprint density at radius 1 is 1.12 bits per heavy atom. The second-order valence-electron chi connectivity index (χ2n) is 5.06. The molecular formula is C17H17N3O5. The summed E-state index contributed by atoms with van der Waals surface area (Å²) in [5.74, 6) is -0.610. The largest absolute Gasteiger partial charge is 0.483 e. The first kappa shape index (κ1) is 17.9. The Morgan fingerprint density at radius 2 is 1.88 bits per heavy atom. The van der Waals surface area contributed by atoms with E-state index in [1.165, 1.54) is 18.2 Å². The molecule has 0 aliphatic rings. The highest BCUT2D eigenvalue weighted by Crippen LogP contribution is 2.18. The summed E-state index contributed by atoms with van der Waals surface area (Å²) in [5.41, 5.74) is 5.21. The van der Waals surface area contributed by atoms with Gasteiger partial charge in [-0.05, 0) is 24.1 Å². The number of benzene rings is 2. The van der Waals surface area contributed by atoms with Gasteiger partial charge in [0, 0.05) is 17.7 Å². The SMILES string of the molecule is CCc1ccccc1OCC(=O)NNC(=O)c1cccc([N+](=O)[O-])c1. The number of hydrazine groups is 1. The number of nitrogens with one attached hydrogen (secondary N) is 2. The molecule has 0 atom stereocenters. The minimum absolute atomic E-state index is 0.0618. The van der Waals surface area contributed by atoms with Crippen molar-refractivity contribution in [2.24, 2.45) is 0 Å². The minimum atomic E-state index is -0.661. The number of aryl methyl sites for hydroxylation is 1. The van der Waals surface area contributed by atoms with Crippen LogP contribution < -0.4 is 15.6 Å². The van der Waals surface area contributed by atoms with Crippen molar-refractivity contribution >= 4 is 17.5 Å². The van der Waals surface area contributed by atoms with E-state index in [9.17, 15) is 19.7 Å². The smallest absolute Gasteiger partial charge is 0.276 e. The number of carbonyl (C=O) groups is 2. The summed E-state index contributed by atoms with van der Waals surface area (Å²) in [6.45, 7) is 1.70. The molecule has 2 aromatic carbocycles. The number of carbonyl (C=O) groups excluding carboxylic acids is 2. The summed E-state index contributed by atoms with van der Waals surface area (Å²) >= 11 is 0. The fourth-order valence-corrected chi connectivity index (χ4v) is 2.08. The van der Waals surface area contributed by atoms with E-state index >= 15 is 0 Å². The zero-order chi connectivity index (χ0) is 18.2. The molecule has 0 heterocycles. The summed E-state index contributed by atoms with van der Waals surface area (Å²) < 4.78 is 5.43. The minimum Gasteiger partial charge on any atom is -0.483 e. The van der Waals surface area contributed by atoms with Gasteiger partial charge in [-0.15, -0.1) is 0 Å². The number of nitro groups is 1. The van der Waals surface area contributed by atoms with E-state index in [-0.39, 0.29) is 17.9 Å². The van der Waals surface area contributed by atoms with E-state index in [0.717, 1.165) is 18.1 Å². The van der Waals surface area contributed by atoms with Gasteiger partial charge in [0.05, 0.1) is 4.92 Å². The summed E-state index contributed by atoms with van der Waals surface area (Å²) in [7, 11) is 0. The highest BCUT2D eigenvalue weighted by Gasteiger charge is 2.12.